The minimum Gasteiger partial charge on any atom is -0.349 e. The number of carbonyl (C=O) groups is 2. The second kappa shape index (κ2) is 10.1. The van der Waals surface area contributed by atoms with Crippen molar-refractivity contribution in [2.24, 2.45) is 23.7 Å². The van der Waals surface area contributed by atoms with E-state index in [0.29, 0.717) is 23.7 Å². The van der Waals surface area contributed by atoms with Crippen LogP contribution in [0.25, 0.3) is 5.65 Å². The molecule has 2 N–H and O–H groups in total. The Morgan fingerprint density at radius 1 is 1.11 bits per heavy atom. The van der Waals surface area contributed by atoms with Crippen LogP contribution in [0.1, 0.15) is 88.1 Å². The van der Waals surface area contributed by atoms with E-state index in [0.717, 1.165) is 24.8 Å². The SMILES string of the molecule is CCCC(=O)N[C@@H](c1cnn2cc([C@@H](NC(=O)C3CC3C(F)(F)F)C3CCC(F)(F)CC3)nc2c1)C1CC1. The number of imidazole rings is 1. The number of nitrogens with one attached hydrogen (secondary N) is 2. The molecule has 2 heterocycles. The monoisotopic (exact) mass is 541 g/mol. The maximum absolute atomic E-state index is 13.9. The van der Waals surface area contributed by atoms with Gasteiger partial charge < -0.3 is 10.6 Å². The third kappa shape index (κ3) is 5.93. The lowest BCUT2D eigenvalue weighted by Gasteiger charge is -2.33. The molecule has 0 bridgehead atoms. The molecule has 2 aromatic rings. The predicted molar refractivity (Wildman–Crippen MR) is 127 cm³/mol. The van der Waals surface area contributed by atoms with Crippen molar-refractivity contribution in [3.63, 3.8) is 0 Å². The molecule has 0 aromatic carbocycles. The van der Waals surface area contributed by atoms with Gasteiger partial charge in [0.2, 0.25) is 17.7 Å². The molecule has 7 nitrogen and oxygen atoms in total. The first-order valence-corrected chi connectivity index (χ1v) is 13.3. The van der Waals surface area contributed by atoms with Crippen molar-refractivity contribution in [1.82, 2.24) is 25.2 Å². The average Bonchev–Trinajstić information content (AvgIpc) is 3.76. The molecule has 3 saturated carbocycles. The van der Waals surface area contributed by atoms with Gasteiger partial charge in [-0.3, -0.25) is 9.59 Å². The zero-order valence-corrected chi connectivity index (χ0v) is 21.1. The van der Waals surface area contributed by atoms with Crippen LogP contribution in [-0.4, -0.2) is 38.5 Å². The van der Waals surface area contributed by atoms with Crippen molar-refractivity contribution in [3.05, 3.63) is 29.7 Å². The fourth-order valence-electron chi connectivity index (χ4n) is 5.54. The Labute approximate surface area is 216 Å². The highest BCUT2D eigenvalue weighted by Crippen LogP contribution is 2.51. The van der Waals surface area contributed by atoms with Gasteiger partial charge in [0.05, 0.1) is 42.0 Å². The zero-order valence-electron chi connectivity index (χ0n) is 21.1. The standard InChI is InChI=1S/C26H32F5N5O2/c1-2-3-21(37)34-22(14-4-5-14)16-10-20-33-19(13-36(20)32-12-16)23(15-6-8-25(27,28)9-7-15)35-24(38)17-11-18(17)26(29,30)31/h10,12-15,17-18,22-23H,2-9,11H2,1H3,(H,34,37)(H,35,38)/t17?,18?,22-,23+/m1/s1. The summed E-state index contributed by atoms with van der Waals surface area (Å²) in [6.45, 7) is 1.93. The summed E-state index contributed by atoms with van der Waals surface area (Å²) in [6, 6.07) is 0.805. The molecular weight excluding hydrogens is 509 g/mol. The highest BCUT2D eigenvalue weighted by molar-refractivity contribution is 5.82. The Hall–Kier alpha value is -2.79. The van der Waals surface area contributed by atoms with E-state index < -0.39 is 41.8 Å². The highest BCUT2D eigenvalue weighted by Gasteiger charge is 2.59. The Kier molecular flexibility index (Phi) is 7.10. The van der Waals surface area contributed by atoms with Gasteiger partial charge in [-0.1, -0.05) is 6.92 Å². The van der Waals surface area contributed by atoms with E-state index in [9.17, 15) is 31.5 Å². The number of aromatic nitrogens is 3. The molecule has 4 atom stereocenters. The first kappa shape index (κ1) is 26.8. The molecule has 2 amide bonds. The van der Waals surface area contributed by atoms with Crippen LogP contribution in [0.4, 0.5) is 22.0 Å². The van der Waals surface area contributed by atoms with Crippen LogP contribution in [-0.2, 0) is 9.59 Å². The topological polar surface area (TPSA) is 88.4 Å². The van der Waals surface area contributed by atoms with Gasteiger partial charge in [0.15, 0.2) is 5.65 Å². The maximum atomic E-state index is 13.9. The fraction of sp³-hybridized carbons (Fsp3) is 0.692. The van der Waals surface area contributed by atoms with Gasteiger partial charge >= 0.3 is 6.18 Å². The molecular formula is C26H32F5N5O2. The number of hydrogen-bond donors (Lipinski definition) is 2. The summed E-state index contributed by atoms with van der Waals surface area (Å²) in [7, 11) is 0. The van der Waals surface area contributed by atoms with Gasteiger partial charge in [-0.2, -0.15) is 18.3 Å². The zero-order chi connectivity index (χ0) is 27.2. The minimum atomic E-state index is -4.45. The summed E-state index contributed by atoms with van der Waals surface area (Å²) in [5.41, 5.74) is 1.62. The summed E-state index contributed by atoms with van der Waals surface area (Å²) >= 11 is 0. The van der Waals surface area contributed by atoms with Crippen molar-refractivity contribution in [1.29, 1.82) is 0 Å². The lowest BCUT2D eigenvalue weighted by molar-refractivity contribution is -0.155. The molecule has 0 radical (unpaired) electrons. The number of fused-ring (bicyclic) bond motifs is 1. The van der Waals surface area contributed by atoms with Gasteiger partial charge in [-0.05, 0) is 62.0 Å². The Morgan fingerprint density at radius 2 is 1.79 bits per heavy atom. The van der Waals surface area contributed by atoms with E-state index in [1.54, 1.807) is 18.5 Å². The smallest absolute Gasteiger partial charge is 0.349 e. The fourth-order valence-corrected chi connectivity index (χ4v) is 5.54. The highest BCUT2D eigenvalue weighted by atomic mass is 19.4. The molecule has 0 aliphatic heterocycles. The van der Waals surface area contributed by atoms with Crippen molar-refractivity contribution in [2.45, 2.75) is 88.9 Å². The number of alkyl halides is 5. The molecule has 2 aromatic heterocycles. The molecule has 38 heavy (non-hydrogen) atoms. The van der Waals surface area contributed by atoms with Gasteiger partial charge in [0, 0.05) is 19.3 Å². The van der Waals surface area contributed by atoms with Gasteiger partial charge in [-0.15, -0.1) is 0 Å². The molecule has 3 fully saturated rings. The van der Waals surface area contributed by atoms with Crippen LogP contribution in [0.15, 0.2) is 18.5 Å². The van der Waals surface area contributed by atoms with Gasteiger partial charge in [-0.25, -0.2) is 18.3 Å². The number of hydrogen-bond acceptors (Lipinski definition) is 4. The molecule has 5 rings (SSSR count). The number of amides is 2. The minimum absolute atomic E-state index is 0.0394. The summed E-state index contributed by atoms with van der Waals surface area (Å²) in [5.74, 6) is -6.49. The maximum Gasteiger partial charge on any atom is 0.392 e. The largest absolute Gasteiger partial charge is 0.392 e. The van der Waals surface area contributed by atoms with Crippen molar-refractivity contribution >= 4 is 17.5 Å². The van der Waals surface area contributed by atoms with Crippen LogP contribution >= 0.6 is 0 Å². The lowest BCUT2D eigenvalue weighted by atomic mass is 9.81. The van der Waals surface area contributed by atoms with Crippen molar-refractivity contribution in [3.8, 4) is 0 Å². The molecule has 0 saturated heterocycles. The molecule has 208 valence electrons. The molecule has 12 heteroatoms. The van der Waals surface area contributed by atoms with Crippen molar-refractivity contribution < 1.29 is 31.5 Å². The van der Waals surface area contributed by atoms with Gasteiger partial charge in [0.25, 0.3) is 0 Å². The van der Waals surface area contributed by atoms with Crippen LogP contribution in [0, 0.1) is 23.7 Å². The predicted octanol–water partition coefficient (Wildman–Crippen LogP) is 5.28. The first-order chi connectivity index (χ1) is 17.9. The molecule has 2 unspecified atom stereocenters. The van der Waals surface area contributed by atoms with Crippen molar-refractivity contribution in [2.75, 3.05) is 0 Å². The van der Waals surface area contributed by atoms with Crippen LogP contribution in [0.2, 0.25) is 0 Å². The third-order valence-electron chi connectivity index (χ3n) is 8.00. The van der Waals surface area contributed by atoms with E-state index in [4.69, 9.17) is 0 Å². The Morgan fingerprint density at radius 3 is 2.39 bits per heavy atom. The van der Waals surface area contributed by atoms with Gasteiger partial charge in [0.1, 0.15) is 0 Å². The first-order valence-electron chi connectivity index (χ1n) is 13.3. The van der Waals surface area contributed by atoms with Crippen LogP contribution in [0.5, 0.6) is 0 Å². The summed E-state index contributed by atoms with van der Waals surface area (Å²) in [5, 5.41) is 10.2. The van der Waals surface area contributed by atoms with E-state index in [1.807, 2.05) is 6.92 Å². The number of halogens is 5. The van der Waals surface area contributed by atoms with E-state index >= 15 is 0 Å². The summed E-state index contributed by atoms with van der Waals surface area (Å²) in [6.07, 6.45) is 1.18. The van der Waals surface area contributed by atoms with Crippen LogP contribution in [0.3, 0.4) is 0 Å². The molecule has 3 aliphatic carbocycles. The van der Waals surface area contributed by atoms with E-state index in [2.05, 4.69) is 20.7 Å². The number of rotatable bonds is 9. The average molecular weight is 542 g/mol. The quantitative estimate of drug-likeness (QED) is 0.423. The molecule has 3 aliphatic rings. The van der Waals surface area contributed by atoms with E-state index in [1.165, 1.54) is 4.52 Å². The second-order valence-electron chi connectivity index (χ2n) is 11.1. The number of nitrogens with zero attached hydrogens (tertiary/aromatic N) is 3. The Balaban J connectivity index is 1.39. The number of carbonyl (C=O) groups excluding carboxylic acids is 2. The second-order valence-corrected chi connectivity index (χ2v) is 11.1. The summed E-state index contributed by atoms with van der Waals surface area (Å²) < 4.78 is 68.4. The lowest BCUT2D eigenvalue weighted by Crippen LogP contribution is -2.38. The molecule has 0 spiro atoms. The van der Waals surface area contributed by atoms with E-state index in [-0.39, 0.29) is 44.1 Å². The third-order valence-corrected chi connectivity index (χ3v) is 8.00. The summed E-state index contributed by atoms with van der Waals surface area (Å²) in [4.78, 5) is 29.7. The van der Waals surface area contributed by atoms with Crippen LogP contribution < -0.4 is 10.6 Å². The Bertz CT molecular complexity index is 1180. The normalized spacial score (nSPS) is 25.1.